The van der Waals surface area contributed by atoms with Crippen molar-refractivity contribution in [1.82, 2.24) is 9.80 Å². The van der Waals surface area contributed by atoms with Crippen LogP contribution in [0.5, 0.6) is 5.75 Å². The number of para-hydroxylation sites is 2. The Morgan fingerprint density at radius 1 is 0.794 bits per heavy atom. The molecule has 0 atom stereocenters. The lowest BCUT2D eigenvalue weighted by atomic mass is 10.2. The third kappa shape index (κ3) is 7.02. The molecule has 0 bridgehead atoms. The molecular formula is C29H37N3OS. The van der Waals surface area contributed by atoms with E-state index in [1.165, 1.54) is 35.5 Å². The highest BCUT2D eigenvalue weighted by atomic mass is 32.2. The van der Waals surface area contributed by atoms with Gasteiger partial charge in [0.05, 0.1) is 12.0 Å². The Hall–Kier alpha value is -2.47. The van der Waals surface area contributed by atoms with Gasteiger partial charge in [0.2, 0.25) is 0 Å². The van der Waals surface area contributed by atoms with Gasteiger partial charge in [-0.25, -0.2) is 0 Å². The van der Waals surface area contributed by atoms with Crippen molar-refractivity contribution < 1.29 is 4.74 Å². The van der Waals surface area contributed by atoms with Crippen LogP contribution in [-0.2, 0) is 6.54 Å². The van der Waals surface area contributed by atoms with Crippen LogP contribution < -0.4 is 9.64 Å². The Labute approximate surface area is 209 Å². The van der Waals surface area contributed by atoms with E-state index in [9.17, 15) is 0 Å². The average Bonchev–Trinajstić information content (AvgIpc) is 2.89. The molecule has 34 heavy (non-hydrogen) atoms. The summed E-state index contributed by atoms with van der Waals surface area (Å²) >= 11 is 1.79. The van der Waals surface area contributed by atoms with Crippen molar-refractivity contribution in [3.63, 3.8) is 0 Å². The molecule has 1 saturated heterocycles. The summed E-state index contributed by atoms with van der Waals surface area (Å²) in [5.74, 6) is 0.931. The quantitative estimate of drug-likeness (QED) is 0.322. The first-order valence-corrected chi connectivity index (χ1v) is 13.1. The third-order valence-corrected chi connectivity index (χ3v) is 7.64. The maximum Gasteiger partial charge on any atom is 0.132 e. The molecule has 0 spiro atoms. The summed E-state index contributed by atoms with van der Waals surface area (Å²) in [5.41, 5.74) is 2.73. The molecule has 1 aliphatic rings. The van der Waals surface area contributed by atoms with Crippen molar-refractivity contribution in [3.05, 3.63) is 84.4 Å². The molecular weight excluding hydrogens is 438 g/mol. The van der Waals surface area contributed by atoms with E-state index in [1.807, 2.05) is 12.1 Å². The number of benzene rings is 3. The van der Waals surface area contributed by atoms with Crippen LogP contribution in [0.1, 0.15) is 18.4 Å². The molecule has 1 heterocycles. The summed E-state index contributed by atoms with van der Waals surface area (Å²) in [6.07, 6.45) is 2.49. The fourth-order valence-corrected chi connectivity index (χ4v) is 5.56. The zero-order chi connectivity index (χ0) is 23.6. The third-order valence-electron chi connectivity index (χ3n) is 6.46. The number of anilines is 1. The Kier molecular flexibility index (Phi) is 9.31. The monoisotopic (exact) mass is 475 g/mol. The Balaban J connectivity index is 1.19. The molecule has 1 aliphatic heterocycles. The van der Waals surface area contributed by atoms with Crippen molar-refractivity contribution in [3.8, 4) is 5.75 Å². The van der Waals surface area contributed by atoms with Crippen LogP contribution in [0.15, 0.2) is 88.7 Å². The van der Waals surface area contributed by atoms with Gasteiger partial charge in [-0.1, -0.05) is 60.3 Å². The first-order chi connectivity index (χ1) is 16.7. The summed E-state index contributed by atoms with van der Waals surface area (Å²) in [5, 5.41) is 0. The minimum atomic E-state index is 0.931. The summed E-state index contributed by atoms with van der Waals surface area (Å²) < 4.78 is 5.54. The van der Waals surface area contributed by atoms with Crippen LogP contribution in [-0.4, -0.2) is 63.2 Å². The number of ether oxygens (including phenoxy) is 1. The Bertz CT molecular complexity index is 1010. The minimum absolute atomic E-state index is 0.931. The van der Waals surface area contributed by atoms with Gasteiger partial charge in [-0.2, -0.15) is 0 Å². The summed E-state index contributed by atoms with van der Waals surface area (Å²) in [4.78, 5) is 10.0. The van der Waals surface area contributed by atoms with Gasteiger partial charge in [0, 0.05) is 43.3 Å². The number of hydrogen-bond donors (Lipinski definition) is 0. The van der Waals surface area contributed by atoms with Gasteiger partial charge < -0.3 is 14.5 Å². The topological polar surface area (TPSA) is 19.0 Å². The van der Waals surface area contributed by atoms with Gasteiger partial charge >= 0.3 is 0 Å². The number of methoxy groups -OCH3 is 1. The van der Waals surface area contributed by atoms with E-state index in [2.05, 4.69) is 88.5 Å². The average molecular weight is 476 g/mol. The van der Waals surface area contributed by atoms with Crippen LogP contribution in [0.2, 0.25) is 0 Å². The van der Waals surface area contributed by atoms with E-state index >= 15 is 0 Å². The van der Waals surface area contributed by atoms with E-state index in [1.54, 1.807) is 18.9 Å². The predicted molar refractivity (Wildman–Crippen MR) is 144 cm³/mol. The molecule has 5 heteroatoms. The van der Waals surface area contributed by atoms with E-state index in [4.69, 9.17) is 4.74 Å². The molecule has 0 amide bonds. The van der Waals surface area contributed by atoms with E-state index < -0.39 is 0 Å². The first-order valence-electron chi connectivity index (χ1n) is 12.3. The van der Waals surface area contributed by atoms with Crippen molar-refractivity contribution >= 4 is 17.4 Å². The number of rotatable bonds is 11. The molecule has 0 aliphatic carbocycles. The maximum absolute atomic E-state index is 5.54. The zero-order valence-corrected chi connectivity index (χ0v) is 21.3. The highest BCUT2D eigenvalue weighted by Gasteiger charge is 2.16. The number of piperazine rings is 1. The molecule has 3 aromatic rings. The molecule has 0 radical (unpaired) electrons. The highest BCUT2D eigenvalue weighted by molar-refractivity contribution is 7.99. The SMILES string of the molecule is COc1ccccc1Sc1ccccc1CN(C)CCCCN1CCN(c2ccccc2)CC1. The molecule has 3 aromatic carbocycles. The van der Waals surface area contributed by atoms with Crippen molar-refractivity contribution in [2.45, 2.75) is 29.2 Å². The van der Waals surface area contributed by atoms with Crippen molar-refractivity contribution in [1.29, 1.82) is 0 Å². The fourth-order valence-electron chi connectivity index (χ4n) is 4.51. The van der Waals surface area contributed by atoms with Crippen LogP contribution >= 0.6 is 11.8 Å². The normalized spacial score (nSPS) is 14.5. The van der Waals surface area contributed by atoms with E-state index in [0.29, 0.717) is 0 Å². The summed E-state index contributed by atoms with van der Waals surface area (Å²) in [7, 11) is 3.98. The Morgan fingerprint density at radius 2 is 1.47 bits per heavy atom. The van der Waals surface area contributed by atoms with Gasteiger partial charge in [-0.05, 0) is 68.9 Å². The number of nitrogens with zero attached hydrogens (tertiary/aromatic N) is 3. The van der Waals surface area contributed by atoms with Gasteiger partial charge in [-0.3, -0.25) is 4.90 Å². The molecule has 4 rings (SSSR count). The summed E-state index contributed by atoms with van der Waals surface area (Å²) in [6, 6.07) is 27.8. The minimum Gasteiger partial charge on any atom is -0.496 e. The van der Waals surface area contributed by atoms with Gasteiger partial charge in [0.25, 0.3) is 0 Å². The highest BCUT2D eigenvalue weighted by Crippen LogP contribution is 2.36. The van der Waals surface area contributed by atoms with Crippen molar-refractivity contribution in [2.75, 3.05) is 58.3 Å². The maximum atomic E-state index is 5.54. The van der Waals surface area contributed by atoms with Gasteiger partial charge in [0.1, 0.15) is 5.75 Å². The lowest BCUT2D eigenvalue weighted by Crippen LogP contribution is -2.46. The summed E-state index contributed by atoms with van der Waals surface area (Å²) in [6.45, 7) is 7.88. The molecule has 0 unspecified atom stereocenters. The van der Waals surface area contributed by atoms with Crippen LogP contribution in [0, 0.1) is 0 Å². The smallest absolute Gasteiger partial charge is 0.132 e. The fraction of sp³-hybridized carbons (Fsp3) is 0.379. The zero-order valence-electron chi connectivity index (χ0n) is 20.5. The first kappa shape index (κ1) is 24.6. The van der Waals surface area contributed by atoms with Crippen molar-refractivity contribution in [2.24, 2.45) is 0 Å². The van der Waals surface area contributed by atoms with Crippen LogP contribution in [0.25, 0.3) is 0 Å². The predicted octanol–water partition coefficient (Wildman–Crippen LogP) is 5.88. The molecule has 0 aromatic heterocycles. The second kappa shape index (κ2) is 12.8. The van der Waals surface area contributed by atoms with Gasteiger partial charge in [0.15, 0.2) is 0 Å². The number of unbranched alkanes of at least 4 members (excludes halogenated alkanes) is 1. The van der Waals surface area contributed by atoms with Crippen LogP contribution in [0.3, 0.4) is 0 Å². The largest absolute Gasteiger partial charge is 0.496 e. The number of hydrogen-bond acceptors (Lipinski definition) is 5. The second-order valence-electron chi connectivity index (χ2n) is 8.97. The molecule has 4 nitrogen and oxygen atoms in total. The van der Waals surface area contributed by atoms with Gasteiger partial charge in [-0.15, -0.1) is 0 Å². The molecule has 0 saturated carbocycles. The second-order valence-corrected chi connectivity index (χ2v) is 10.1. The standard InChI is InChI=1S/C29H37N3OS/c1-30(18-10-11-19-31-20-22-32(23-21-31)26-13-4-3-5-14-26)24-25-12-6-8-16-28(25)34-29-17-9-7-15-27(29)33-2/h3-9,12-17H,10-11,18-24H2,1-2H3. The molecule has 180 valence electrons. The van der Waals surface area contributed by atoms with Crippen LogP contribution in [0.4, 0.5) is 5.69 Å². The lowest BCUT2D eigenvalue weighted by Gasteiger charge is -2.36. The molecule has 1 fully saturated rings. The molecule has 0 N–H and O–H groups in total. The lowest BCUT2D eigenvalue weighted by molar-refractivity contribution is 0.242. The van der Waals surface area contributed by atoms with E-state index in [0.717, 1.165) is 49.9 Å². The van der Waals surface area contributed by atoms with E-state index in [-0.39, 0.29) is 0 Å². The Morgan fingerprint density at radius 3 is 2.24 bits per heavy atom.